The minimum absolute atomic E-state index is 0.114. The van der Waals surface area contributed by atoms with Gasteiger partial charge in [-0.3, -0.25) is 9.69 Å². The number of piperidine rings is 1. The summed E-state index contributed by atoms with van der Waals surface area (Å²) < 4.78 is 15.4. The van der Waals surface area contributed by atoms with Gasteiger partial charge in [-0.25, -0.2) is 9.59 Å². The number of methoxy groups -OCH3 is 2. The minimum Gasteiger partial charge on any atom is -0.497 e. The molecule has 9 nitrogen and oxygen atoms in total. The van der Waals surface area contributed by atoms with Crippen molar-refractivity contribution in [2.45, 2.75) is 25.8 Å². The van der Waals surface area contributed by atoms with Crippen LogP contribution in [-0.2, 0) is 19.1 Å². The van der Waals surface area contributed by atoms with Gasteiger partial charge < -0.3 is 24.8 Å². The molecule has 1 aromatic carbocycles. The quantitative estimate of drug-likeness (QED) is 0.634. The largest absolute Gasteiger partial charge is 0.497 e. The Balaban J connectivity index is 1.83. The van der Waals surface area contributed by atoms with E-state index in [-0.39, 0.29) is 11.9 Å². The number of amides is 2. The Morgan fingerprint density at radius 2 is 1.94 bits per heavy atom. The van der Waals surface area contributed by atoms with Crippen molar-refractivity contribution in [3.63, 3.8) is 0 Å². The third kappa shape index (κ3) is 5.35. The maximum atomic E-state index is 12.7. The lowest BCUT2D eigenvalue weighted by molar-refractivity contribution is -0.149. The number of carbonyl (C=O) groups excluding carboxylic acids is 3. The smallest absolute Gasteiger partial charge is 0.338 e. The van der Waals surface area contributed by atoms with Crippen LogP contribution in [0.1, 0.15) is 31.4 Å². The molecule has 168 valence electrons. The summed E-state index contributed by atoms with van der Waals surface area (Å²) in [6, 6.07) is 6.14. The first-order chi connectivity index (χ1) is 15.0. The molecule has 2 amide bonds. The van der Waals surface area contributed by atoms with E-state index in [2.05, 4.69) is 15.5 Å². The maximum absolute atomic E-state index is 12.7. The molecule has 0 saturated carbocycles. The summed E-state index contributed by atoms with van der Waals surface area (Å²) in [5, 5.41) is 5.58. The predicted molar refractivity (Wildman–Crippen MR) is 112 cm³/mol. The van der Waals surface area contributed by atoms with Gasteiger partial charge in [-0.15, -0.1) is 0 Å². The van der Waals surface area contributed by atoms with Crippen LogP contribution < -0.4 is 15.4 Å². The van der Waals surface area contributed by atoms with Gasteiger partial charge in [0.25, 0.3) is 0 Å². The lowest BCUT2D eigenvalue weighted by Crippen LogP contribution is -2.49. The number of ether oxygens (including phenoxy) is 3. The van der Waals surface area contributed by atoms with Gasteiger partial charge in [0, 0.05) is 12.2 Å². The third-order valence-corrected chi connectivity index (χ3v) is 5.58. The number of nitrogens with zero attached hydrogens (tertiary/aromatic N) is 1. The van der Waals surface area contributed by atoms with Crippen molar-refractivity contribution in [3.8, 4) is 5.75 Å². The van der Waals surface area contributed by atoms with Crippen molar-refractivity contribution in [1.82, 2.24) is 15.5 Å². The molecule has 31 heavy (non-hydrogen) atoms. The molecule has 1 saturated heterocycles. The molecule has 0 radical (unpaired) electrons. The number of esters is 2. The van der Waals surface area contributed by atoms with Gasteiger partial charge in [-0.1, -0.05) is 12.1 Å². The Bertz CT molecular complexity index is 861. The van der Waals surface area contributed by atoms with Crippen LogP contribution in [0.3, 0.4) is 0 Å². The molecule has 0 aliphatic carbocycles. The number of rotatable bonds is 7. The summed E-state index contributed by atoms with van der Waals surface area (Å²) in [4.78, 5) is 39.2. The highest BCUT2D eigenvalue weighted by Crippen LogP contribution is 2.30. The van der Waals surface area contributed by atoms with E-state index in [9.17, 15) is 14.4 Å². The van der Waals surface area contributed by atoms with Gasteiger partial charge >= 0.3 is 18.0 Å². The van der Waals surface area contributed by atoms with E-state index in [1.54, 1.807) is 32.2 Å². The lowest BCUT2D eigenvalue weighted by Gasteiger charge is -2.34. The van der Waals surface area contributed by atoms with Crippen LogP contribution in [0.5, 0.6) is 5.75 Å². The topological polar surface area (TPSA) is 106 Å². The van der Waals surface area contributed by atoms with Crippen molar-refractivity contribution in [3.05, 3.63) is 41.1 Å². The van der Waals surface area contributed by atoms with Crippen molar-refractivity contribution < 1.29 is 28.6 Å². The fourth-order valence-electron chi connectivity index (χ4n) is 3.98. The number of urea groups is 1. The fraction of sp³-hybridized carbons (Fsp3) is 0.500. The van der Waals surface area contributed by atoms with Gasteiger partial charge in [-0.2, -0.15) is 0 Å². The zero-order valence-corrected chi connectivity index (χ0v) is 18.1. The Morgan fingerprint density at radius 3 is 2.58 bits per heavy atom. The third-order valence-electron chi connectivity index (χ3n) is 5.58. The highest BCUT2D eigenvalue weighted by molar-refractivity contribution is 5.95. The molecule has 2 aliphatic rings. The Hall–Kier alpha value is -3.07. The van der Waals surface area contributed by atoms with Crippen molar-refractivity contribution >= 4 is 18.0 Å². The van der Waals surface area contributed by atoms with Crippen LogP contribution in [0.25, 0.3) is 0 Å². The molecule has 2 heterocycles. The van der Waals surface area contributed by atoms with E-state index in [4.69, 9.17) is 14.2 Å². The standard InChI is InChI=1S/C22H29N3O6/c1-4-31-20(26)14-8-10-25(11-9-14)13-17-18(21(27)30-3)19(24-22(28)23-17)15-6-5-7-16(12-15)29-2/h5-7,12,14,19H,4,8-11,13H2,1-3H3,(H2,23,24,28)/t19-/m1/s1. The molecule has 2 N–H and O–H groups in total. The lowest BCUT2D eigenvalue weighted by atomic mass is 9.93. The highest BCUT2D eigenvalue weighted by Gasteiger charge is 2.35. The van der Waals surface area contributed by atoms with Gasteiger partial charge in [0.15, 0.2) is 0 Å². The minimum atomic E-state index is -0.664. The highest BCUT2D eigenvalue weighted by atomic mass is 16.5. The number of hydrogen-bond donors (Lipinski definition) is 2. The molecule has 3 rings (SSSR count). The molecule has 9 heteroatoms. The zero-order chi connectivity index (χ0) is 22.4. The molecule has 0 aromatic heterocycles. The van der Waals surface area contributed by atoms with Gasteiger partial charge in [-0.05, 0) is 50.6 Å². The average molecular weight is 431 g/mol. The van der Waals surface area contributed by atoms with Crippen LogP contribution in [-0.4, -0.2) is 63.3 Å². The molecule has 1 fully saturated rings. The molecule has 1 atom stereocenters. The first kappa shape index (κ1) is 22.6. The van der Waals surface area contributed by atoms with Crippen LogP contribution in [0.4, 0.5) is 4.79 Å². The first-order valence-electron chi connectivity index (χ1n) is 10.4. The molecule has 0 spiro atoms. The fourth-order valence-corrected chi connectivity index (χ4v) is 3.98. The Morgan fingerprint density at radius 1 is 1.19 bits per heavy atom. The average Bonchev–Trinajstić information content (AvgIpc) is 2.79. The second-order valence-corrected chi connectivity index (χ2v) is 7.49. The number of carbonyl (C=O) groups is 3. The van der Waals surface area contributed by atoms with Gasteiger partial charge in [0.2, 0.25) is 0 Å². The summed E-state index contributed by atoms with van der Waals surface area (Å²) in [6.45, 7) is 3.86. The molecule has 0 bridgehead atoms. The van der Waals surface area contributed by atoms with Crippen molar-refractivity contribution in [2.24, 2.45) is 5.92 Å². The monoisotopic (exact) mass is 431 g/mol. The number of hydrogen-bond acceptors (Lipinski definition) is 7. The van der Waals surface area contributed by atoms with Gasteiger partial charge in [0.05, 0.1) is 38.4 Å². The Labute approximate surface area is 181 Å². The molecular weight excluding hydrogens is 402 g/mol. The van der Waals surface area contributed by atoms with Crippen molar-refractivity contribution in [1.29, 1.82) is 0 Å². The van der Waals surface area contributed by atoms with Crippen LogP contribution in [0.2, 0.25) is 0 Å². The molecule has 1 aromatic rings. The second kappa shape index (κ2) is 10.3. The summed E-state index contributed by atoms with van der Waals surface area (Å²) in [5.74, 6) is -0.170. The summed E-state index contributed by atoms with van der Waals surface area (Å²) in [5.41, 5.74) is 1.56. The van der Waals surface area contributed by atoms with E-state index in [1.807, 2.05) is 6.07 Å². The van der Waals surface area contributed by atoms with E-state index in [0.29, 0.717) is 61.7 Å². The summed E-state index contributed by atoms with van der Waals surface area (Å²) >= 11 is 0. The predicted octanol–water partition coefficient (Wildman–Crippen LogP) is 1.75. The van der Waals surface area contributed by atoms with E-state index < -0.39 is 18.0 Å². The van der Waals surface area contributed by atoms with E-state index in [0.717, 1.165) is 0 Å². The van der Waals surface area contributed by atoms with Gasteiger partial charge in [0.1, 0.15) is 5.75 Å². The molecule has 0 unspecified atom stereocenters. The zero-order valence-electron chi connectivity index (χ0n) is 18.1. The normalized spacial score (nSPS) is 20.0. The van der Waals surface area contributed by atoms with Crippen LogP contribution >= 0.6 is 0 Å². The molecule has 2 aliphatic heterocycles. The number of likely N-dealkylation sites (tertiary alicyclic amines) is 1. The number of benzene rings is 1. The second-order valence-electron chi connectivity index (χ2n) is 7.49. The van der Waals surface area contributed by atoms with E-state index >= 15 is 0 Å². The van der Waals surface area contributed by atoms with Crippen LogP contribution in [0.15, 0.2) is 35.5 Å². The first-order valence-corrected chi connectivity index (χ1v) is 10.4. The maximum Gasteiger partial charge on any atom is 0.338 e. The van der Waals surface area contributed by atoms with Crippen LogP contribution in [0, 0.1) is 5.92 Å². The number of nitrogens with one attached hydrogen (secondary N) is 2. The SMILES string of the molecule is CCOC(=O)C1CCN(CC2=C(C(=O)OC)[C@@H](c3cccc(OC)c3)NC(=O)N2)CC1. The summed E-state index contributed by atoms with van der Waals surface area (Å²) in [7, 11) is 2.87. The van der Waals surface area contributed by atoms with E-state index in [1.165, 1.54) is 7.11 Å². The van der Waals surface area contributed by atoms with Crippen molar-refractivity contribution in [2.75, 3.05) is 40.5 Å². The summed E-state index contributed by atoms with van der Waals surface area (Å²) in [6.07, 6.45) is 1.34. The Kier molecular flexibility index (Phi) is 7.51. The molecular formula is C22H29N3O6.